The van der Waals surface area contributed by atoms with Crippen molar-refractivity contribution in [2.45, 2.75) is 32.0 Å². The van der Waals surface area contributed by atoms with Crippen molar-refractivity contribution in [1.29, 1.82) is 0 Å². The summed E-state index contributed by atoms with van der Waals surface area (Å²) in [6.07, 6.45) is 0.350. The maximum atomic E-state index is 15.6. The van der Waals surface area contributed by atoms with Gasteiger partial charge in [-0.1, -0.05) is 30.3 Å². The molecule has 0 spiro atoms. The lowest BCUT2D eigenvalue weighted by Gasteiger charge is -2.34. The molecule has 46 heavy (non-hydrogen) atoms. The number of piperidine rings is 1. The van der Waals surface area contributed by atoms with Crippen molar-refractivity contribution in [3.63, 3.8) is 0 Å². The number of furan rings is 1. The predicted molar refractivity (Wildman–Crippen MR) is 159 cm³/mol. The number of nitrogens with one attached hydrogen (secondary N) is 2. The van der Waals surface area contributed by atoms with Crippen LogP contribution in [0.5, 0.6) is 0 Å². The second kappa shape index (κ2) is 11.7. The zero-order valence-corrected chi connectivity index (χ0v) is 24.8. The summed E-state index contributed by atoms with van der Waals surface area (Å²) in [6.45, 7) is 3.96. The number of imide groups is 1. The number of rotatable bonds is 7. The molecule has 0 bridgehead atoms. The van der Waals surface area contributed by atoms with Crippen LogP contribution in [0.15, 0.2) is 46.9 Å². The molecule has 0 saturated carbocycles. The van der Waals surface area contributed by atoms with Crippen molar-refractivity contribution >= 4 is 35.2 Å². The quantitative estimate of drug-likeness (QED) is 0.291. The first-order chi connectivity index (χ1) is 22.2. The molecule has 1 unspecified atom stereocenters. The lowest BCUT2D eigenvalue weighted by atomic mass is 9.89. The lowest BCUT2D eigenvalue weighted by molar-refractivity contribution is -0.136. The minimum absolute atomic E-state index is 0.0134. The summed E-state index contributed by atoms with van der Waals surface area (Å²) in [5.41, 5.74) is 1.62. The molecular formula is C33H30FN5O7. The number of fused-ring (bicyclic) bond motifs is 3. The summed E-state index contributed by atoms with van der Waals surface area (Å²) >= 11 is 0. The molecule has 2 aromatic carbocycles. The third-order valence-corrected chi connectivity index (χ3v) is 9.12. The van der Waals surface area contributed by atoms with Crippen molar-refractivity contribution in [2.75, 3.05) is 39.3 Å². The minimum atomic E-state index is -0.797. The number of amides is 4. The van der Waals surface area contributed by atoms with Gasteiger partial charge in [-0.2, -0.15) is 0 Å². The number of carbonyl (C=O) groups is 6. The molecule has 7 rings (SSSR count). The van der Waals surface area contributed by atoms with Gasteiger partial charge in [0, 0.05) is 86.1 Å². The summed E-state index contributed by atoms with van der Waals surface area (Å²) in [5.74, 6) is -3.27. The van der Waals surface area contributed by atoms with Crippen LogP contribution in [-0.4, -0.2) is 95.2 Å². The highest BCUT2D eigenvalue weighted by Gasteiger charge is 2.41. The van der Waals surface area contributed by atoms with Gasteiger partial charge in [0.1, 0.15) is 11.9 Å². The number of hydrogen-bond acceptors (Lipinski definition) is 9. The first-order valence-electron chi connectivity index (χ1n) is 15.2. The highest BCUT2D eigenvalue weighted by molar-refractivity contribution is 6.27. The molecule has 12 nitrogen and oxygen atoms in total. The Kier molecular flexibility index (Phi) is 7.57. The molecular weight excluding hydrogens is 597 g/mol. The normalized spacial score (nSPS) is 20.0. The number of piperazine rings is 1. The number of hydrogen-bond donors (Lipinski definition) is 2. The van der Waals surface area contributed by atoms with Crippen LogP contribution in [0, 0.1) is 5.82 Å². The van der Waals surface area contributed by atoms with E-state index in [1.54, 1.807) is 36.4 Å². The predicted octanol–water partition coefficient (Wildman–Crippen LogP) is 1.50. The van der Waals surface area contributed by atoms with Crippen molar-refractivity contribution in [1.82, 2.24) is 25.3 Å². The minimum Gasteiger partial charge on any atom is -0.447 e. The molecule has 3 aromatic rings. The molecule has 236 valence electrons. The van der Waals surface area contributed by atoms with Gasteiger partial charge in [-0.05, 0) is 12.5 Å². The number of nitrogens with zero attached hydrogens (tertiary/aromatic N) is 3. The maximum absolute atomic E-state index is 15.6. The highest BCUT2D eigenvalue weighted by atomic mass is 19.1. The summed E-state index contributed by atoms with van der Waals surface area (Å²) in [7, 11) is 0. The second-order valence-corrected chi connectivity index (χ2v) is 11.9. The third-order valence-electron chi connectivity index (χ3n) is 9.12. The molecule has 13 heteroatoms. The van der Waals surface area contributed by atoms with Crippen LogP contribution in [0.3, 0.4) is 0 Å². The highest BCUT2D eigenvalue weighted by Crippen LogP contribution is 2.32. The van der Waals surface area contributed by atoms with Crippen molar-refractivity contribution in [2.24, 2.45) is 0 Å². The third kappa shape index (κ3) is 5.20. The Hall–Kier alpha value is -5.01. The molecule has 4 amide bonds. The van der Waals surface area contributed by atoms with Crippen LogP contribution in [0.2, 0.25) is 0 Å². The van der Waals surface area contributed by atoms with Gasteiger partial charge in [0.15, 0.2) is 17.3 Å². The van der Waals surface area contributed by atoms with Crippen LogP contribution < -0.4 is 10.6 Å². The number of carbonyl (C=O) groups excluding carboxylic acids is 6. The molecule has 3 aliphatic heterocycles. The molecule has 2 saturated heterocycles. The molecule has 1 aromatic heterocycles. The van der Waals surface area contributed by atoms with Crippen molar-refractivity contribution in [3.8, 4) is 0 Å². The molecule has 2 fully saturated rings. The fraction of sp³-hybridized carbons (Fsp3) is 0.333. The van der Waals surface area contributed by atoms with E-state index in [2.05, 4.69) is 20.4 Å². The first-order valence-corrected chi connectivity index (χ1v) is 15.2. The van der Waals surface area contributed by atoms with Crippen LogP contribution in [0.25, 0.3) is 0 Å². The van der Waals surface area contributed by atoms with Crippen LogP contribution in [0.4, 0.5) is 4.39 Å². The second-order valence-electron chi connectivity index (χ2n) is 11.9. The van der Waals surface area contributed by atoms with E-state index in [1.807, 2.05) is 0 Å². The van der Waals surface area contributed by atoms with Gasteiger partial charge in [0.05, 0.1) is 12.1 Å². The average molecular weight is 628 g/mol. The van der Waals surface area contributed by atoms with E-state index in [1.165, 1.54) is 11.0 Å². The van der Waals surface area contributed by atoms with E-state index in [-0.39, 0.29) is 70.4 Å². The molecule has 1 atom stereocenters. The van der Waals surface area contributed by atoms with E-state index < -0.39 is 35.4 Å². The van der Waals surface area contributed by atoms with E-state index in [4.69, 9.17) is 4.42 Å². The topological polar surface area (TPSA) is 149 Å². The fourth-order valence-corrected chi connectivity index (χ4v) is 6.59. The van der Waals surface area contributed by atoms with Crippen molar-refractivity contribution < 1.29 is 37.6 Å². The first kappa shape index (κ1) is 29.7. The van der Waals surface area contributed by atoms with E-state index in [0.29, 0.717) is 51.4 Å². The van der Waals surface area contributed by atoms with Crippen LogP contribution in [0.1, 0.15) is 76.9 Å². The Labute approximate surface area is 262 Å². The fourth-order valence-electron chi connectivity index (χ4n) is 6.59. The zero-order valence-electron chi connectivity index (χ0n) is 24.8. The van der Waals surface area contributed by atoms with Gasteiger partial charge in [-0.15, -0.1) is 0 Å². The smallest absolute Gasteiger partial charge is 0.287 e. The van der Waals surface area contributed by atoms with Gasteiger partial charge in [-0.3, -0.25) is 43.9 Å². The van der Waals surface area contributed by atoms with Crippen LogP contribution >= 0.6 is 0 Å². The molecule has 0 radical (unpaired) electrons. The Bertz CT molecular complexity index is 1770. The number of halogens is 1. The Balaban J connectivity index is 0.897. The lowest BCUT2D eigenvalue weighted by Crippen LogP contribution is -2.52. The van der Waals surface area contributed by atoms with E-state index in [0.717, 1.165) is 0 Å². The summed E-state index contributed by atoms with van der Waals surface area (Å²) < 4.78 is 21.1. The van der Waals surface area contributed by atoms with E-state index >= 15 is 4.39 Å². The summed E-state index contributed by atoms with van der Waals surface area (Å²) in [6, 6.07) is 10.2. The molecule has 1 aliphatic carbocycles. The molecule has 4 heterocycles. The standard InChI is InChI=1S/C33H30FN5O7/c34-27-18(5-6-21-23(27)17-39(33(21)45)24-7-8-26(40)36-31(24)43)16-38-13-11-37(12-14-38)10-9-35-32(44)25-15-22-28(41)19-3-1-2-4-20(19)29(42)30(22)46-25/h1-6,15,24H,7-14,16-17H2,(H,35,44)(H,36,40,43). The van der Waals surface area contributed by atoms with Gasteiger partial charge in [-0.25, -0.2) is 4.39 Å². The van der Waals surface area contributed by atoms with Crippen molar-refractivity contribution in [3.05, 3.63) is 93.2 Å². The van der Waals surface area contributed by atoms with Gasteiger partial charge >= 0.3 is 0 Å². The summed E-state index contributed by atoms with van der Waals surface area (Å²) in [5, 5.41) is 5.05. The van der Waals surface area contributed by atoms with Gasteiger partial charge in [0.25, 0.3) is 11.8 Å². The Morgan fingerprint density at radius 2 is 1.63 bits per heavy atom. The molecule has 2 N–H and O–H groups in total. The average Bonchev–Trinajstić information content (AvgIpc) is 3.65. The number of benzene rings is 2. The summed E-state index contributed by atoms with van der Waals surface area (Å²) in [4.78, 5) is 80.8. The van der Waals surface area contributed by atoms with Crippen LogP contribution in [-0.2, 0) is 22.7 Å². The molecule has 4 aliphatic rings. The maximum Gasteiger partial charge on any atom is 0.287 e. The van der Waals surface area contributed by atoms with E-state index in [9.17, 15) is 28.8 Å². The zero-order chi connectivity index (χ0) is 32.1. The monoisotopic (exact) mass is 627 g/mol. The number of ketones is 2. The Morgan fingerprint density at radius 1 is 0.913 bits per heavy atom. The van der Waals surface area contributed by atoms with Gasteiger partial charge in [0.2, 0.25) is 17.6 Å². The SMILES string of the molecule is O=C1CCC(N2Cc3c(ccc(CN4CCN(CCNC(=O)c5cc6c(o5)C(=O)c5ccccc5C6=O)CC4)c3F)C2=O)C(=O)N1. The Morgan fingerprint density at radius 3 is 2.37 bits per heavy atom. The van der Waals surface area contributed by atoms with Gasteiger partial charge < -0.3 is 14.6 Å². The largest absolute Gasteiger partial charge is 0.447 e.